The third-order valence-corrected chi connectivity index (χ3v) is 5.50. The second kappa shape index (κ2) is 9.07. The van der Waals surface area contributed by atoms with E-state index < -0.39 is 0 Å². The van der Waals surface area contributed by atoms with E-state index >= 15 is 0 Å². The smallest absolute Gasteiger partial charge is 0.293 e. The van der Waals surface area contributed by atoms with E-state index in [-0.39, 0.29) is 11.2 Å². The van der Waals surface area contributed by atoms with Gasteiger partial charge in [0.15, 0.2) is 5.69 Å². The van der Waals surface area contributed by atoms with Crippen LogP contribution in [0, 0.1) is 13.8 Å². The minimum absolute atomic E-state index is 0.250. The molecule has 5 rings (SSSR count). The van der Waals surface area contributed by atoms with Crippen LogP contribution in [0.25, 0.3) is 16.5 Å². The van der Waals surface area contributed by atoms with Crippen molar-refractivity contribution in [2.45, 2.75) is 13.8 Å². The van der Waals surface area contributed by atoms with Crippen LogP contribution in [0.15, 0.2) is 116 Å². The molecule has 0 atom stereocenters. The van der Waals surface area contributed by atoms with E-state index in [1.165, 1.54) is 10.2 Å². The molecule has 5 aromatic rings. The Bertz CT molecular complexity index is 1580. The van der Waals surface area contributed by atoms with E-state index in [0.29, 0.717) is 11.4 Å². The minimum Gasteiger partial charge on any atom is -0.293 e. The van der Waals surface area contributed by atoms with Crippen molar-refractivity contribution >= 4 is 33.5 Å². The molecule has 0 aliphatic carbocycles. The Hall–Kier alpha value is -4.65. The summed E-state index contributed by atoms with van der Waals surface area (Å²) in [6.07, 6.45) is 0. The van der Waals surface area contributed by atoms with E-state index in [1.54, 1.807) is 0 Å². The molecule has 0 saturated carbocycles. The highest BCUT2D eigenvalue weighted by Gasteiger charge is 2.12. The predicted octanol–water partition coefficient (Wildman–Crippen LogP) is 7.77. The highest BCUT2D eigenvalue weighted by atomic mass is 16.1. The first-order valence-electron chi connectivity index (χ1n) is 10.9. The average Bonchev–Trinajstić information content (AvgIpc) is 3.16. The molecule has 7 nitrogen and oxygen atoms in total. The van der Waals surface area contributed by atoms with Gasteiger partial charge in [-0.15, -0.1) is 15.3 Å². The van der Waals surface area contributed by atoms with Crippen LogP contribution in [0.2, 0.25) is 0 Å². The zero-order chi connectivity index (χ0) is 23.5. The number of aromatic amines is 1. The van der Waals surface area contributed by atoms with E-state index in [1.807, 2.05) is 105 Å². The van der Waals surface area contributed by atoms with Gasteiger partial charge in [-0.1, -0.05) is 60.2 Å². The zero-order valence-corrected chi connectivity index (χ0v) is 18.8. The highest BCUT2D eigenvalue weighted by molar-refractivity contribution is 5.99. The lowest BCUT2D eigenvalue weighted by molar-refractivity contribution is 0.835. The molecule has 0 bridgehead atoms. The molecule has 0 spiro atoms. The quantitative estimate of drug-likeness (QED) is 0.275. The van der Waals surface area contributed by atoms with Gasteiger partial charge in [-0.3, -0.25) is 9.89 Å². The molecular formula is C27H22N6O. The van der Waals surface area contributed by atoms with Crippen molar-refractivity contribution in [1.29, 1.82) is 0 Å². The maximum absolute atomic E-state index is 12.9. The topological polar surface area (TPSA) is 87.2 Å². The number of fused-ring (bicyclic) bond motifs is 1. The van der Waals surface area contributed by atoms with E-state index in [4.69, 9.17) is 0 Å². The second-order valence-electron chi connectivity index (χ2n) is 7.95. The van der Waals surface area contributed by atoms with Gasteiger partial charge in [-0.25, -0.2) is 4.68 Å². The fourth-order valence-corrected chi connectivity index (χ4v) is 3.68. The van der Waals surface area contributed by atoms with Crippen LogP contribution in [0.3, 0.4) is 0 Å². The number of H-pyrrole nitrogens is 1. The van der Waals surface area contributed by atoms with Gasteiger partial charge in [-0.05, 0) is 50.2 Å². The molecule has 0 aliphatic heterocycles. The molecule has 4 aromatic carbocycles. The van der Waals surface area contributed by atoms with Crippen molar-refractivity contribution < 1.29 is 0 Å². The van der Waals surface area contributed by atoms with Crippen molar-refractivity contribution in [3.8, 4) is 5.69 Å². The number of para-hydroxylation sites is 1. The standard InChI is InChI=1S/C27H22N6O/c1-18-12-14-20(15-13-18)28-29-24-16-17-25(23-11-7-6-10-22(23)24)30-31-26-19(2)32-33(27(26)34)21-8-4-3-5-9-21/h3-17,32H,1-2H3. The lowest BCUT2D eigenvalue weighted by atomic mass is 10.1. The molecule has 0 fully saturated rings. The van der Waals surface area contributed by atoms with Crippen LogP contribution in [-0.4, -0.2) is 9.78 Å². The fraction of sp³-hybridized carbons (Fsp3) is 0.0741. The van der Waals surface area contributed by atoms with E-state index in [0.717, 1.165) is 27.8 Å². The van der Waals surface area contributed by atoms with Gasteiger partial charge < -0.3 is 0 Å². The largest absolute Gasteiger partial charge is 0.299 e. The predicted molar refractivity (Wildman–Crippen MR) is 135 cm³/mol. The Morgan fingerprint density at radius 3 is 1.88 bits per heavy atom. The van der Waals surface area contributed by atoms with Gasteiger partial charge >= 0.3 is 0 Å². The van der Waals surface area contributed by atoms with Crippen LogP contribution in [0.5, 0.6) is 0 Å². The van der Waals surface area contributed by atoms with Gasteiger partial charge in [0.1, 0.15) is 0 Å². The molecule has 1 N–H and O–H groups in total. The third-order valence-electron chi connectivity index (χ3n) is 5.50. The fourth-order valence-electron chi connectivity index (χ4n) is 3.68. The van der Waals surface area contributed by atoms with Crippen LogP contribution in [0.4, 0.5) is 22.7 Å². The number of rotatable bonds is 5. The molecule has 34 heavy (non-hydrogen) atoms. The molecule has 7 heteroatoms. The normalized spacial score (nSPS) is 11.7. The Balaban J connectivity index is 1.50. The Labute approximate surface area is 196 Å². The van der Waals surface area contributed by atoms with Crippen molar-refractivity contribution in [2.24, 2.45) is 20.5 Å². The Morgan fingerprint density at radius 1 is 0.647 bits per heavy atom. The molecule has 0 amide bonds. The van der Waals surface area contributed by atoms with Gasteiger partial charge in [0.25, 0.3) is 5.56 Å². The second-order valence-corrected chi connectivity index (χ2v) is 7.95. The number of benzene rings is 4. The van der Waals surface area contributed by atoms with Crippen LogP contribution >= 0.6 is 0 Å². The van der Waals surface area contributed by atoms with Crippen molar-refractivity contribution in [3.05, 3.63) is 113 Å². The molecular weight excluding hydrogens is 424 g/mol. The Kier molecular flexibility index (Phi) is 5.66. The molecule has 166 valence electrons. The first kappa shape index (κ1) is 21.2. The van der Waals surface area contributed by atoms with Gasteiger partial charge in [0.2, 0.25) is 0 Å². The molecule has 1 aromatic heterocycles. The van der Waals surface area contributed by atoms with Gasteiger partial charge in [0.05, 0.1) is 28.4 Å². The lowest BCUT2D eigenvalue weighted by Gasteiger charge is -2.04. The summed E-state index contributed by atoms with van der Waals surface area (Å²) in [5, 5.41) is 22.4. The summed E-state index contributed by atoms with van der Waals surface area (Å²) in [6.45, 7) is 3.84. The maximum atomic E-state index is 12.9. The molecule has 0 unspecified atom stereocenters. The summed E-state index contributed by atoms with van der Waals surface area (Å²) >= 11 is 0. The number of aryl methyl sites for hydroxylation is 2. The molecule has 1 heterocycles. The highest BCUT2D eigenvalue weighted by Crippen LogP contribution is 2.35. The molecule has 0 radical (unpaired) electrons. The molecule has 0 saturated heterocycles. The number of nitrogens with zero attached hydrogens (tertiary/aromatic N) is 5. The third kappa shape index (κ3) is 4.19. The Morgan fingerprint density at radius 2 is 1.24 bits per heavy atom. The average molecular weight is 447 g/mol. The summed E-state index contributed by atoms with van der Waals surface area (Å²) in [6, 6.07) is 28.8. The number of aromatic nitrogens is 2. The monoisotopic (exact) mass is 446 g/mol. The summed E-state index contributed by atoms with van der Waals surface area (Å²) in [5.41, 5.74) is 4.76. The summed E-state index contributed by atoms with van der Waals surface area (Å²) in [7, 11) is 0. The number of hydrogen-bond donors (Lipinski definition) is 1. The van der Waals surface area contributed by atoms with E-state index in [9.17, 15) is 4.79 Å². The number of nitrogens with one attached hydrogen (secondary N) is 1. The van der Waals surface area contributed by atoms with Gasteiger partial charge in [0, 0.05) is 10.8 Å². The number of azo groups is 2. The van der Waals surface area contributed by atoms with Crippen molar-refractivity contribution in [2.75, 3.05) is 0 Å². The minimum atomic E-state index is -0.250. The van der Waals surface area contributed by atoms with Gasteiger partial charge in [-0.2, -0.15) is 5.11 Å². The first-order valence-corrected chi connectivity index (χ1v) is 10.9. The zero-order valence-electron chi connectivity index (χ0n) is 18.8. The lowest BCUT2D eigenvalue weighted by Crippen LogP contribution is -2.13. The maximum Gasteiger partial charge on any atom is 0.299 e. The first-order chi connectivity index (χ1) is 16.6. The summed E-state index contributed by atoms with van der Waals surface area (Å²) < 4.78 is 1.47. The summed E-state index contributed by atoms with van der Waals surface area (Å²) in [5.74, 6) is 0. The van der Waals surface area contributed by atoms with Crippen LogP contribution in [0.1, 0.15) is 11.3 Å². The van der Waals surface area contributed by atoms with Crippen molar-refractivity contribution in [1.82, 2.24) is 9.78 Å². The molecule has 0 aliphatic rings. The van der Waals surface area contributed by atoms with Crippen LogP contribution < -0.4 is 5.56 Å². The summed E-state index contributed by atoms with van der Waals surface area (Å²) in [4.78, 5) is 12.9. The SMILES string of the molecule is Cc1ccc(N=Nc2ccc(N=Nc3c(C)[nH]n(-c4ccccc4)c3=O)c3ccccc23)cc1. The number of hydrogen-bond acceptors (Lipinski definition) is 5. The van der Waals surface area contributed by atoms with Crippen molar-refractivity contribution in [3.63, 3.8) is 0 Å². The van der Waals surface area contributed by atoms with Crippen LogP contribution in [-0.2, 0) is 0 Å². The van der Waals surface area contributed by atoms with E-state index in [2.05, 4.69) is 25.6 Å².